The van der Waals surface area contributed by atoms with E-state index in [1.54, 1.807) is 4.90 Å². The summed E-state index contributed by atoms with van der Waals surface area (Å²) in [4.78, 5) is 25.5. The zero-order valence-electron chi connectivity index (χ0n) is 14.2. The molecule has 0 radical (unpaired) electrons. The van der Waals surface area contributed by atoms with Crippen molar-refractivity contribution in [3.63, 3.8) is 0 Å². The lowest BCUT2D eigenvalue weighted by atomic mass is 10.2. The van der Waals surface area contributed by atoms with Crippen molar-refractivity contribution in [1.82, 2.24) is 10.2 Å². The van der Waals surface area contributed by atoms with Crippen LogP contribution in [0.1, 0.15) is 34.1 Å². The van der Waals surface area contributed by atoms with E-state index in [1.165, 1.54) is 7.11 Å². The zero-order chi connectivity index (χ0) is 16.8. The largest absolute Gasteiger partial charge is 0.468 e. The highest BCUT2D eigenvalue weighted by Gasteiger charge is 2.31. The minimum atomic E-state index is -0.536. The lowest BCUT2D eigenvalue weighted by Gasteiger charge is -2.37. The fourth-order valence-electron chi connectivity index (χ4n) is 2.20. The molecule has 1 rings (SSSR count). The topological polar surface area (TPSA) is 77.1 Å². The Hall–Kier alpha value is -1.34. The summed E-state index contributed by atoms with van der Waals surface area (Å²) < 4.78 is 15.6. The third kappa shape index (κ3) is 5.81. The van der Waals surface area contributed by atoms with Crippen LogP contribution in [-0.4, -0.2) is 68.1 Å². The molecular weight excluding hydrogens is 288 g/mol. The van der Waals surface area contributed by atoms with E-state index in [4.69, 9.17) is 14.2 Å². The fraction of sp³-hybridized carbons (Fsp3) is 0.867. The molecule has 1 fully saturated rings. The molecule has 2 unspecified atom stereocenters. The first kappa shape index (κ1) is 18.7. The fourth-order valence-corrected chi connectivity index (χ4v) is 2.20. The van der Waals surface area contributed by atoms with E-state index in [0.29, 0.717) is 32.7 Å². The Morgan fingerprint density at radius 2 is 2.09 bits per heavy atom. The van der Waals surface area contributed by atoms with Gasteiger partial charge in [0.05, 0.1) is 26.4 Å². The second kappa shape index (κ2) is 8.33. The number of methoxy groups -OCH3 is 1. The molecule has 0 bridgehead atoms. The highest BCUT2D eigenvalue weighted by atomic mass is 16.6. The highest BCUT2D eigenvalue weighted by Crippen LogP contribution is 2.14. The molecule has 128 valence electrons. The van der Waals surface area contributed by atoms with Gasteiger partial charge in [0.2, 0.25) is 0 Å². The Labute approximate surface area is 132 Å². The van der Waals surface area contributed by atoms with Crippen molar-refractivity contribution in [3.05, 3.63) is 0 Å². The summed E-state index contributed by atoms with van der Waals surface area (Å²) in [6.45, 7) is 9.25. The predicted molar refractivity (Wildman–Crippen MR) is 81.6 cm³/mol. The van der Waals surface area contributed by atoms with Crippen molar-refractivity contribution in [2.75, 3.05) is 33.4 Å². The van der Waals surface area contributed by atoms with Crippen molar-refractivity contribution in [1.29, 1.82) is 0 Å². The third-order valence-corrected chi connectivity index (χ3v) is 3.35. The average Bonchev–Trinajstić information content (AvgIpc) is 2.46. The van der Waals surface area contributed by atoms with Gasteiger partial charge in [-0.15, -0.1) is 0 Å². The molecule has 1 N–H and O–H groups in total. The van der Waals surface area contributed by atoms with E-state index < -0.39 is 5.60 Å². The van der Waals surface area contributed by atoms with Crippen LogP contribution in [0.15, 0.2) is 0 Å². The molecule has 0 aromatic carbocycles. The summed E-state index contributed by atoms with van der Waals surface area (Å²) in [7, 11) is 1.36. The average molecular weight is 316 g/mol. The number of amides is 1. The van der Waals surface area contributed by atoms with Gasteiger partial charge in [-0.05, 0) is 27.2 Å². The molecular formula is C15H28N2O5. The molecule has 0 aliphatic carbocycles. The number of ether oxygens (including phenoxy) is 3. The number of morpholine rings is 1. The molecule has 22 heavy (non-hydrogen) atoms. The number of nitrogens with zero attached hydrogens (tertiary/aromatic N) is 1. The van der Waals surface area contributed by atoms with E-state index in [0.717, 1.165) is 0 Å². The molecule has 7 nitrogen and oxygen atoms in total. The smallest absolute Gasteiger partial charge is 0.410 e. The standard InChI is InChI=1S/C15H28N2O5/c1-6-12(13(18)20-5)16-9-11-10-21-8-7-17(11)14(19)22-15(2,3)4/h11-12,16H,6-10H2,1-5H3. The van der Waals surface area contributed by atoms with Gasteiger partial charge in [-0.3, -0.25) is 9.69 Å². The summed E-state index contributed by atoms with van der Waals surface area (Å²) >= 11 is 0. The maximum Gasteiger partial charge on any atom is 0.410 e. The minimum Gasteiger partial charge on any atom is -0.468 e. The number of rotatable bonds is 5. The van der Waals surface area contributed by atoms with Crippen LogP contribution in [0.4, 0.5) is 4.79 Å². The van der Waals surface area contributed by atoms with Crippen LogP contribution in [0.2, 0.25) is 0 Å². The summed E-state index contributed by atoms with van der Waals surface area (Å²) in [6.07, 6.45) is 0.265. The van der Waals surface area contributed by atoms with Crippen molar-refractivity contribution in [3.8, 4) is 0 Å². The second-order valence-corrected chi connectivity index (χ2v) is 6.29. The van der Waals surface area contributed by atoms with Crippen LogP contribution in [0.3, 0.4) is 0 Å². The molecule has 1 saturated heterocycles. The van der Waals surface area contributed by atoms with Crippen LogP contribution >= 0.6 is 0 Å². The number of nitrogens with one attached hydrogen (secondary N) is 1. The Balaban J connectivity index is 2.61. The van der Waals surface area contributed by atoms with Crippen LogP contribution in [0.25, 0.3) is 0 Å². The van der Waals surface area contributed by atoms with E-state index in [2.05, 4.69) is 5.32 Å². The minimum absolute atomic E-state index is 0.165. The number of hydrogen-bond acceptors (Lipinski definition) is 6. The highest BCUT2D eigenvalue weighted by molar-refractivity contribution is 5.75. The quantitative estimate of drug-likeness (QED) is 0.767. The van der Waals surface area contributed by atoms with E-state index >= 15 is 0 Å². The molecule has 1 aliphatic heterocycles. The van der Waals surface area contributed by atoms with Gasteiger partial charge in [0.1, 0.15) is 11.6 Å². The molecule has 0 aromatic rings. The third-order valence-electron chi connectivity index (χ3n) is 3.35. The molecule has 2 atom stereocenters. The van der Waals surface area contributed by atoms with Gasteiger partial charge < -0.3 is 19.5 Å². The lowest BCUT2D eigenvalue weighted by Crippen LogP contribution is -2.55. The molecule has 1 amide bonds. The monoisotopic (exact) mass is 316 g/mol. The summed E-state index contributed by atoms with van der Waals surface area (Å²) in [5.41, 5.74) is -0.536. The Kier molecular flexibility index (Phi) is 7.09. The van der Waals surface area contributed by atoms with E-state index in [1.807, 2.05) is 27.7 Å². The number of carbonyl (C=O) groups excluding carboxylic acids is 2. The van der Waals surface area contributed by atoms with Gasteiger partial charge in [-0.1, -0.05) is 6.92 Å². The summed E-state index contributed by atoms with van der Waals surface area (Å²) in [5, 5.41) is 3.13. The Morgan fingerprint density at radius 1 is 1.41 bits per heavy atom. The zero-order valence-corrected chi connectivity index (χ0v) is 14.2. The normalized spacial score (nSPS) is 20.4. The lowest BCUT2D eigenvalue weighted by molar-refractivity contribution is -0.143. The molecule has 7 heteroatoms. The van der Waals surface area contributed by atoms with Gasteiger partial charge >= 0.3 is 12.1 Å². The van der Waals surface area contributed by atoms with E-state index in [9.17, 15) is 9.59 Å². The first-order valence-corrected chi connectivity index (χ1v) is 7.67. The number of esters is 1. The maximum absolute atomic E-state index is 12.3. The predicted octanol–water partition coefficient (Wildman–Crippen LogP) is 1.16. The maximum atomic E-state index is 12.3. The molecule has 0 aromatic heterocycles. The molecule has 1 aliphatic rings. The van der Waals surface area contributed by atoms with Gasteiger partial charge in [0.15, 0.2) is 0 Å². The molecule has 1 heterocycles. The van der Waals surface area contributed by atoms with Gasteiger partial charge in [0, 0.05) is 13.1 Å². The number of carbonyl (C=O) groups is 2. The van der Waals surface area contributed by atoms with Crippen molar-refractivity contribution < 1.29 is 23.8 Å². The van der Waals surface area contributed by atoms with Crippen LogP contribution in [0.5, 0.6) is 0 Å². The van der Waals surface area contributed by atoms with Gasteiger partial charge in [0.25, 0.3) is 0 Å². The van der Waals surface area contributed by atoms with Crippen LogP contribution < -0.4 is 5.32 Å². The Morgan fingerprint density at radius 3 is 2.64 bits per heavy atom. The van der Waals surface area contributed by atoms with Crippen LogP contribution in [0, 0.1) is 0 Å². The first-order chi connectivity index (χ1) is 10.3. The SMILES string of the molecule is CCC(NCC1COCCN1C(=O)OC(C)(C)C)C(=O)OC. The molecule has 0 saturated carbocycles. The van der Waals surface area contributed by atoms with Crippen molar-refractivity contribution >= 4 is 12.1 Å². The second-order valence-electron chi connectivity index (χ2n) is 6.29. The van der Waals surface area contributed by atoms with Gasteiger partial charge in [-0.25, -0.2) is 4.79 Å². The Bertz CT molecular complexity index is 381. The number of hydrogen-bond donors (Lipinski definition) is 1. The summed E-state index contributed by atoms with van der Waals surface area (Å²) in [6, 6.07) is -0.547. The summed E-state index contributed by atoms with van der Waals surface area (Å²) in [5.74, 6) is -0.303. The molecule has 0 spiro atoms. The van der Waals surface area contributed by atoms with E-state index in [-0.39, 0.29) is 24.1 Å². The van der Waals surface area contributed by atoms with Crippen molar-refractivity contribution in [2.45, 2.75) is 51.8 Å². The first-order valence-electron chi connectivity index (χ1n) is 7.67. The van der Waals surface area contributed by atoms with Crippen molar-refractivity contribution in [2.24, 2.45) is 0 Å². The van der Waals surface area contributed by atoms with Crippen LogP contribution in [-0.2, 0) is 19.0 Å². The van der Waals surface area contributed by atoms with Gasteiger partial charge in [-0.2, -0.15) is 0 Å².